The Morgan fingerprint density at radius 2 is 1.81 bits per heavy atom. The summed E-state index contributed by atoms with van der Waals surface area (Å²) in [5, 5.41) is 14.4. The van der Waals surface area contributed by atoms with Crippen molar-refractivity contribution in [2.45, 2.75) is 4.90 Å². The summed E-state index contributed by atoms with van der Waals surface area (Å²) in [6.45, 7) is 0. The van der Waals surface area contributed by atoms with Crippen molar-refractivity contribution in [3.05, 3.63) is 30.6 Å². The van der Waals surface area contributed by atoms with E-state index in [0.29, 0.717) is 5.56 Å². The summed E-state index contributed by atoms with van der Waals surface area (Å²) in [5.41, 5.74) is 0.413. The Labute approximate surface area is 90.9 Å². The van der Waals surface area contributed by atoms with Gasteiger partial charge in [0.15, 0.2) is 6.33 Å². The third-order valence-corrected chi connectivity index (χ3v) is 2.65. The molecule has 0 saturated carbocycles. The molecule has 0 spiro atoms. The molecule has 0 atom stereocenters. The molecule has 0 aliphatic heterocycles. The van der Waals surface area contributed by atoms with Gasteiger partial charge in [0.2, 0.25) is 5.82 Å². The summed E-state index contributed by atoms with van der Waals surface area (Å²) in [6.07, 6.45) is 1.16. The summed E-state index contributed by atoms with van der Waals surface area (Å²) < 4.78 is 30.7. The molecule has 2 rings (SSSR count). The molecular weight excluding hydrogens is 232 g/mol. The predicted molar refractivity (Wildman–Crippen MR) is 52.9 cm³/mol. The number of benzene rings is 1. The molecule has 2 aromatic rings. The van der Waals surface area contributed by atoms with E-state index in [1.54, 1.807) is 6.07 Å². The molecule has 0 bridgehead atoms. The van der Waals surface area contributed by atoms with Crippen molar-refractivity contribution in [2.24, 2.45) is 0 Å². The van der Waals surface area contributed by atoms with Crippen LogP contribution in [0.3, 0.4) is 0 Å². The van der Waals surface area contributed by atoms with E-state index in [1.165, 1.54) is 18.2 Å². The number of rotatable bonds is 2. The highest BCUT2D eigenvalue weighted by atomic mass is 32.2. The standard InChI is InChI=1S/C8H6N4O3S/c13-16(14,15)7-3-1-2-6(4-7)8-11-9-5-10-12-8/h1-5H,(H,13,14,15). The predicted octanol–water partition coefficient (Wildman–Crippen LogP) is 0.180. The van der Waals surface area contributed by atoms with Gasteiger partial charge in [-0.3, -0.25) is 4.55 Å². The van der Waals surface area contributed by atoms with Gasteiger partial charge >= 0.3 is 0 Å². The zero-order chi connectivity index (χ0) is 11.6. The van der Waals surface area contributed by atoms with Gasteiger partial charge in [-0.1, -0.05) is 12.1 Å². The van der Waals surface area contributed by atoms with E-state index in [1.807, 2.05) is 0 Å². The van der Waals surface area contributed by atoms with E-state index in [-0.39, 0.29) is 10.7 Å². The Balaban J connectivity index is 2.53. The van der Waals surface area contributed by atoms with Crippen molar-refractivity contribution in [3.8, 4) is 11.4 Å². The summed E-state index contributed by atoms with van der Waals surface area (Å²) in [4.78, 5) is -0.225. The second-order valence-corrected chi connectivity index (χ2v) is 4.29. The molecule has 1 aromatic heterocycles. The molecule has 8 heteroatoms. The van der Waals surface area contributed by atoms with Crippen molar-refractivity contribution < 1.29 is 13.0 Å². The van der Waals surface area contributed by atoms with Crippen LogP contribution in [-0.2, 0) is 10.1 Å². The Hall–Kier alpha value is -1.93. The van der Waals surface area contributed by atoms with E-state index < -0.39 is 10.1 Å². The second-order valence-electron chi connectivity index (χ2n) is 2.87. The van der Waals surface area contributed by atoms with Gasteiger partial charge in [0.05, 0.1) is 4.90 Å². The fraction of sp³-hybridized carbons (Fsp3) is 0. The molecule has 1 heterocycles. The third-order valence-electron chi connectivity index (χ3n) is 1.80. The van der Waals surface area contributed by atoms with E-state index >= 15 is 0 Å². The average Bonchev–Trinajstić information content (AvgIpc) is 2.29. The van der Waals surface area contributed by atoms with Crippen LogP contribution in [0.4, 0.5) is 0 Å². The summed E-state index contributed by atoms with van der Waals surface area (Å²) >= 11 is 0. The zero-order valence-electron chi connectivity index (χ0n) is 7.85. The van der Waals surface area contributed by atoms with Crippen LogP contribution in [0.25, 0.3) is 11.4 Å². The minimum atomic E-state index is -4.23. The van der Waals surface area contributed by atoms with E-state index in [4.69, 9.17) is 4.55 Å². The van der Waals surface area contributed by atoms with E-state index in [2.05, 4.69) is 20.4 Å². The van der Waals surface area contributed by atoms with Crippen LogP contribution in [0, 0.1) is 0 Å². The topological polar surface area (TPSA) is 106 Å². The molecule has 0 radical (unpaired) electrons. The van der Waals surface area contributed by atoms with Crippen LogP contribution in [0.15, 0.2) is 35.5 Å². The molecule has 16 heavy (non-hydrogen) atoms. The molecule has 1 N–H and O–H groups in total. The van der Waals surface area contributed by atoms with E-state index in [0.717, 1.165) is 6.33 Å². The summed E-state index contributed by atoms with van der Waals surface area (Å²) in [6, 6.07) is 5.57. The fourth-order valence-electron chi connectivity index (χ4n) is 1.12. The minimum Gasteiger partial charge on any atom is -0.282 e. The molecule has 0 aliphatic rings. The maximum Gasteiger partial charge on any atom is 0.294 e. The molecule has 0 amide bonds. The maximum atomic E-state index is 10.9. The molecule has 0 fully saturated rings. The first kappa shape index (κ1) is 10.6. The molecular formula is C8H6N4O3S. The Morgan fingerprint density at radius 1 is 1.12 bits per heavy atom. The first-order chi connectivity index (χ1) is 7.57. The average molecular weight is 238 g/mol. The maximum absolute atomic E-state index is 10.9. The van der Waals surface area contributed by atoms with Crippen LogP contribution >= 0.6 is 0 Å². The lowest BCUT2D eigenvalue weighted by atomic mass is 10.2. The van der Waals surface area contributed by atoms with Crippen molar-refractivity contribution in [1.29, 1.82) is 0 Å². The number of hydrogen-bond acceptors (Lipinski definition) is 6. The summed E-state index contributed by atoms with van der Waals surface area (Å²) in [5.74, 6) is 0.188. The van der Waals surface area contributed by atoms with Gasteiger partial charge in [0, 0.05) is 5.56 Å². The SMILES string of the molecule is O=S(=O)(O)c1cccc(-c2nncnn2)c1. The Kier molecular flexibility index (Phi) is 2.59. The normalized spacial score (nSPS) is 11.3. The lowest BCUT2D eigenvalue weighted by Gasteiger charge is -2.00. The van der Waals surface area contributed by atoms with Crippen molar-refractivity contribution in [1.82, 2.24) is 20.4 Å². The largest absolute Gasteiger partial charge is 0.294 e. The van der Waals surface area contributed by atoms with Gasteiger partial charge < -0.3 is 0 Å². The van der Waals surface area contributed by atoms with Gasteiger partial charge in [0.1, 0.15) is 0 Å². The lowest BCUT2D eigenvalue weighted by Crippen LogP contribution is -1.99. The fourth-order valence-corrected chi connectivity index (χ4v) is 1.64. The Morgan fingerprint density at radius 3 is 2.44 bits per heavy atom. The van der Waals surface area contributed by atoms with Gasteiger partial charge in [0.25, 0.3) is 10.1 Å². The van der Waals surface area contributed by atoms with Crippen LogP contribution in [-0.4, -0.2) is 33.4 Å². The molecule has 82 valence electrons. The van der Waals surface area contributed by atoms with Crippen LogP contribution in [0.1, 0.15) is 0 Å². The first-order valence-corrected chi connectivity index (χ1v) is 5.60. The van der Waals surface area contributed by atoms with Crippen molar-refractivity contribution in [3.63, 3.8) is 0 Å². The second kappa shape index (κ2) is 3.91. The van der Waals surface area contributed by atoms with Crippen LogP contribution in [0.2, 0.25) is 0 Å². The van der Waals surface area contributed by atoms with Gasteiger partial charge in [-0.25, -0.2) is 0 Å². The van der Waals surface area contributed by atoms with Crippen molar-refractivity contribution >= 4 is 10.1 Å². The number of hydrogen-bond donors (Lipinski definition) is 1. The van der Waals surface area contributed by atoms with Gasteiger partial charge in [-0.15, -0.1) is 20.4 Å². The molecule has 0 aliphatic carbocycles. The minimum absolute atomic E-state index is 0.188. The highest BCUT2D eigenvalue weighted by Crippen LogP contribution is 2.17. The quantitative estimate of drug-likeness (QED) is 0.743. The van der Waals surface area contributed by atoms with Crippen molar-refractivity contribution in [2.75, 3.05) is 0 Å². The number of aromatic nitrogens is 4. The highest BCUT2D eigenvalue weighted by Gasteiger charge is 2.11. The molecule has 0 unspecified atom stereocenters. The molecule has 0 saturated heterocycles. The highest BCUT2D eigenvalue weighted by molar-refractivity contribution is 7.85. The number of nitrogens with zero attached hydrogens (tertiary/aromatic N) is 4. The lowest BCUT2D eigenvalue weighted by molar-refractivity contribution is 0.483. The molecule has 7 nitrogen and oxygen atoms in total. The smallest absolute Gasteiger partial charge is 0.282 e. The van der Waals surface area contributed by atoms with Crippen LogP contribution < -0.4 is 0 Å². The van der Waals surface area contributed by atoms with Gasteiger partial charge in [-0.05, 0) is 12.1 Å². The Bertz CT molecular complexity index is 600. The summed E-state index contributed by atoms with van der Waals surface area (Å²) in [7, 11) is -4.23. The molecule has 1 aromatic carbocycles. The third kappa shape index (κ3) is 2.18. The van der Waals surface area contributed by atoms with E-state index in [9.17, 15) is 8.42 Å². The first-order valence-electron chi connectivity index (χ1n) is 4.16. The van der Waals surface area contributed by atoms with Gasteiger partial charge in [-0.2, -0.15) is 8.42 Å². The zero-order valence-corrected chi connectivity index (χ0v) is 8.66. The monoisotopic (exact) mass is 238 g/mol. The van der Waals surface area contributed by atoms with Crippen LogP contribution in [0.5, 0.6) is 0 Å².